The minimum Gasteiger partial charge on any atom is -0.480 e. The van der Waals surface area contributed by atoms with Crippen molar-refractivity contribution in [3.63, 3.8) is 0 Å². The fourth-order valence-corrected chi connectivity index (χ4v) is 2.71. The van der Waals surface area contributed by atoms with Crippen LogP contribution in [0.25, 0.3) is 0 Å². The molecule has 1 saturated carbocycles. The first-order valence-corrected chi connectivity index (χ1v) is 6.62. The quantitative estimate of drug-likeness (QED) is 0.643. The number of aliphatic carboxylic acids is 1. The molecule has 0 spiro atoms. The molecule has 3 N–H and O–H groups in total. The standard InChI is InChI=1S/C9H18N2O4S/c1-9(2,3)7(8(12)13)11-16(14,15)10-6-4-5-6/h6-7,10-11H,4-5H2,1-3H3,(H,12,13)/t7-/m0/s1. The molecule has 0 aromatic rings. The van der Waals surface area contributed by atoms with Crippen molar-refractivity contribution in [2.24, 2.45) is 5.41 Å². The number of carboxylic acids is 1. The number of hydrogen-bond donors (Lipinski definition) is 3. The van der Waals surface area contributed by atoms with E-state index in [9.17, 15) is 13.2 Å². The van der Waals surface area contributed by atoms with E-state index < -0.39 is 27.6 Å². The lowest BCUT2D eigenvalue weighted by Crippen LogP contribution is -2.52. The maximum Gasteiger partial charge on any atom is 0.322 e. The van der Waals surface area contributed by atoms with Gasteiger partial charge in [0.1, 0.15) is 6.04 Å². The van der Waals surface area contributed by atoms with E-state index >= 15 is 0 Å². The lowest BCUT2D eigenvalue weighted by Gasteiger charge is -2.27. The number of carbonyl (C=O) groups is 1. The molecule has 0 aromatic carbocycles. The number of nitrogens with one attached hydrogen (secondary N) is 2. The Morgan fingerprint density at radius 3 is 2.19 bits per heavy atom. The molecule has 94 valence electrons. The van der Waals surface area contributed by atoms with Gasteiger partial charge < -0.3 is 5.11 Å². The van der Waals surface area contributed by atoms with Gasteiger partial charge in [0.25, 0.3) is 10.2 Å². The molecule has 1 atom stereocenters. The van der Waals surface area contributed by atoms with Gasteiger partial charge in [0.2, 0.25) is 0 Å². The third-order valence-electron chi connectivity index (χ3n) is 2.29. The van der Waals surface area contributed by atoms with Crippen LogP contribution in [-0.2, 0) is 15.0 Å². The summed E-state index contributed by atoms with van der Waals surface area (Å²) < 4.78 is 27.7. The summed E-state index contributed by atoms with van der Waals surface area (Å²) >= 11 is 0. The van der Waals surface area contributed by atoms with Crippen molar-refractivity contribution in [3.05, 3.63) is 0 Å². The normalized spacial score (nSPS) is 19.4. The van der Waals surface area contributed by atoms with E-state index in [1.165, 1.54) is 0 Å². The van der Waals surface area contributed by atoms with Gasteiger partial charge in [-0.15, -0.1) is 0 Å². The van der Waals surface area contributed by atoms with Crippen molar-refractivity contribution in [1.29, 1.82) is 0 Å². The van der Waals surface area contributed by atoms with E-state index in [-0.39, 0.29) is 6.04 Å². The average molecular weight is 250 g/mol. The van der Waals surface area contributed by atoms with Gasteiger partial charge in [-0.05, 0) is 18.3 Å². The van der Waals surface area contributed by atoms with Crippen molar-refractivity contribution in [2.45, 2.75) is 45.7 Å². The van der Waals surface area contributed by atoms with E-state index in [0.29, 0.717) is 0 Å². The van der Waals surface area contributed by atoms with Crippen LogP contribution in [0.5, 0.6) is 0 Å². The van der Waals surface area contributed by atoms with Crippen molar-refractivity contribution < 1.29 is 18.3 Å². The number of hydrogen-bond acceptors (Lipinski definition) is 3. The van der Waals surface area contributed by atoms with Gasteiger partial charge in [0.05, 0.1) is 0 Å². The summed E-state index contributed by atoms with van der Waals surface area (Å²) in [7, 11) is -3.73. The lowest BCUT2D eigenvalue weighted by atomic mass is 9.88. The third kappa shape index (κ3) is 4.07. The molecule has 1 aliphatic rings. The summed E-state index contributed by atoms with van der Waals surface area (Å²) in [5.41, 5.74) is -0.676. The first-order chi connectivity index (χ1) is 7.12. The van der Waals surface area contributed by atoms with Crippen molar-refractivity contribution in [3.8, 4) is 0 Å². The predicted molar refractivity (Wildman–Crippen MR) is 59.1 cm³/mol. The molecule has 0 aromatic heterocycles. The monoisotopic (exact) mass is 250 g/mol. The molecule has 0 heterocycles. The Balaban J connectivity index is 2.70. The van der Waals surface area contributed by atoms with Crippen molar-refractivity contribution >= 4 is 16.2 Å². The van der Waals surface area contributed by atoms with Crippen LogP contribution in [0.3, 0.4) is 0 Å². The van der Waals surface area contributed by atoms with E-state index in [4.69, 9.17) is 5.11 Å². The molecule has 0 saturated heterocycles. The van der Waals surface area contributed by atoms with E-state index in [0.717, 1.165) is 12.8 Å². The highest BCUT2D eigenvalue weighted by Crippen LogP contribution is 2.22. The maximum atomic E-state index is 11.6. The molecule has 0 aliphatic heterocycles. The molecule has 7 heteroatoms. The van der Waals surface area contributed by atoms with Crippen molar-refractivity contribution in [2.75, 3.05) is 0 Å². The van der Waals surface area contributed by atoms with Gasteiger partial charge in [0, 0.05) is 6.04 Å². The zero-order valence-corrected chi connectivity index (χ0v) is 10.5. The molecule has 6 nitrogen and oxygen atoms in total. The zero-order chi connectivity index (χ0) is 12.6. The Hall–Kier alpha value is -0.660. The smallest absolute Gasteiger partial charge is 0.322 e. The zero-order valence-electron chi connectivity index (χ0n) is 9.65. The Labute approximate surface area is 95.6 Å². The van der Waals surface area contributed by atoms with Gasteiger partial charge in [-0.2, -0.15) is 17.9 Å². The van der Waals surface area contributed by atoms with Gasteiger partial charge in [-0.25, -0.2) is 0 Å². The largest absolute Gasteiger partial charge is 0.480 e. The fraction of sp³-hybridized carbons (Fsp3) is 0.889. The molecule has 16 heavy (non-hydrogen) atoms. The third-order valence-corrected chi connectivity index (χ3v) is 3.47. The SMILES string of the molecule is CC(C)(C)[C@@H](NS(=O)(=O)NC1CC1)C(=O)O. The molecule has 1 rings (SSSR count). The Kier molecular flexibility index (Phi) is 3.61. The highest BCUT2D eigenvalue weighted by Gasteiger charge is 2.36. The molecule has 0 amide bonds. The van der Waals surface area contributed by atoms with Crippen LogP contribution in [0.15, 0.2) is 0 Å². The first kappa shape index (κ1) is 13.4. The number of rotatable bonds is 5. The maximum absolute atomic E-state index is 11.6. The summed E-state index contributed by atoms with van der Waals surface area (Å²) in [6.45, 7) is 5.02. The lowest BCUT2D eigenvalue weighted by molar-refractivity contribution is -0.141. The minimum atomic E-state index is -3.73. The first-order valence-electron chi connectivity index (χ1n) is 5.14. The topological polar surface area (TPSA) is 95.5 Å². The van der Waals surface area contributed by atoms with Crippen LogP contribution in [-0.4, -0.2) is 31.6 Å². The second-order valence-corrected chi connectivity index (χ2v) is 6.63. The van der Waals surface area contributed by atoms with Crippen LogP contribution in [0.4, 0.5) is 0 Å². The minimum absolute atomic E-state index is 0.0353. The molecule has 1 fully saturated rings. The van der Waals surface area contributed by atoms with Gasteiger partial charge in [0.15, 0.2) is 0 Å². The molecule has 0 bridgehead atoms. The van der Waals surface area contributed by atoms with E-state index in [2.05, 4.69) is 9.44 Å². The molecule has 0 unspecified atom stereocenters. The van der Waals surface area contributed by atoms with E-state index in [1.807, 2.05) is 0 Å². The second kappa shape index (κ2) is 4.31. The number of carboxylic acid groups (broad SMARTS) is 1. The summed E-state index contributed by atoms with van der Waals surface area (Å²) in [6, 6.07) is -1.17. The van der Waals surface area contributed by atoms with Crippen LogP contribution in [0.2, 0.25) is 0 Å². The van der Waals surface area contributed by atoms with Crippen molar-refractivity contribution in [1.82, 2.24) is 9.44 Å². The highest BCUT2D eigenvalue weighted by molar-refractivity contribution is 7.87. The van der Waals surface area contributed by atoms with E-state index in [1.54, 1.807) is 20.8 Å². The van der Waals surface area contributed by atoms with Crippen LogP contribution >= 0.6 is 0 Å². The summed E-state index contributed by atoms with van der Waals surface area (Å²) in [5, 5.41) is 8.97. The molecular formula is C9H18N2O4S. The summed E-state index contributed by atoms with van der Waals surface area (Å²) in [6.07, 6.45) is 1.63. The van der Waals surface area contributed by atoms with Crippen LogP contribution < -0.4 is 9.44 Å². The van der Waals surface area contributed by atoms with Crippen LogP contribution in [0, 0.1) is 5.41 Å². The average Bonchev–Trinajstić information content (AvgIpc) is 2.80. The van der Waals surface area contributed by atoms with Crippen LogP contribution in [0.1, 0.15) is 33.6 Å². The Bertz CT molecular complexity index is 367. The van der Waals surface area contributed by atoms with Gasteiger partial charge >= 0.3 is 5.97 Å². The molecule has 1 aliphatic carbocycles. The fourth-order valence-electron chi connectivity index (χ4n) is 1.21. The predicted octanol–water partition coefficient (Wildman–Crippen LogP) is 0.0721. The van der Waals surface area contributed by atoms with Gasteiger partial charge in [-0.3, -0.25) is 4.79 Å². The molecule has 0 radical (unpaired) electrons. The Morgan fingerprint density at radius 2 is 1.88 bits per heavy atom. The summed E-state index contributed by atoms with van der Waals surface area (Å²) in [4.78, 5) is 11.0. The summed E-state index contributed by atoms with van der Waals surface area (Å²) in [5.74, 6) is -1.17. The highest BCUT2D eigenvalue weighted by atomic mass is 32.2. The second-order valence-electron chi connectivity index (χ2n) is 5.15. The Morgan fingerprint density at radius 1 is 1.38 bits per heavy atom. The van der Waals surface area contributed by atoms with Gasteiger partial charge in [-0.1, -0.05) is 20.8 Å². The molecular weight excluding hydrogens is 232 g/mol.